The summed E-state index contributed by atoms with van der Waals surface area (Å²) in [4.78, 5) is 2.00. The van der Waals surface area contributed by atoms with E-state index in [2.05, 4.69) is 22.4 Å². The van der Waals surface area contributed by atoms with E-state index < -0.39 is 0 Å². The second kappa shape index (κ2) is 7.59. The highest BCUT2D eigenvalue weighted by molar-refractivity contribution is 5.59. The Morgan fingerprint density at radius 2 is 1.86 bits per heavy atom. The third kappa shape index (κ3) is 4.16. The van der Waals surface area contributed by atoms with Crippen LogP contribution in [0.5, 0.6) is 5.75 Å². The van der Waals surface area contributed by atoms with Crippen LogP contribution in [0.3, 0.4) is 0 Å². The minimum Gasteiger partial charge on any atom is -0.497 e. The van der Waals surface area contributed by atoms with E-state index in [0.29, 0.717) is 0 Å². The SMILES string of the molecule is CCCNCc1ccc(N(C)c2ccc(OC)cc2)nn1. The first-order valence-electron chi connectivity index (χ1n) is 7.15. The van der Waals surface area contributed by atoms with E-state index in [0.717, 1.165) is 42.5 Å². The molecule has 0 unspecified atom stereocenters. The number of aromatic nitrogens is 2. The molecule has 0 bridgehead atoms. The van der Waals surface area contributed by atoms with Gasteiger partial charge < -0.3 is 15.0 Å². The molecule has 112 valence electrons. The molecule has 21 heavy (non-hydrogen) atoms. The van der Waals surface area contributed by atoms with Gasteiger partial charge in [-0.3, -0.25) is 0 Å². The monoisotopic (exact) mass is 286 g/mol. The van der Waals surface area contributed by atoms with Crippen LogP contribution >= 0.6 is 0 Å². The van der Waals surface area contributed by atoms with Gasteiger partial charge in [-0.15, -0.1) is 5.10 Å². The maximum Gasteiger partial charge on any atom is 0.155 e. The van der Waals surface area contributed by atoms with Crippen molar-refractivity contribution in [2.45, 2.75) is 19.9 Å². The van der Waals surface area contributed by atoms with Crippen LogP contribution in [0.4, 0.5) is 11.5 Å². The molecule has 0 saturated carbocycles. The average molecular weight is 286 g/mol. The lowest BCUT2D eigenvalue weighted by Crippen LogP contribution is -2.16. The van der Waals surface area contributed by atoms with Crippen molar-refractivity contribution in [2.24, 2.45) is 0 Å². The molecule has 0 saturated heterocycles. The number of anilines is 2. The van der Waals surface area contributed by atoms with Crippen molar-refractivity contribution in [2.75, 3.05) is 25.6 Å². The Balaban J connectivity index is 2.02. The Kier molecular flexibility index (Phi) is 5.51. The summed E-state index contributed by atoms with van der Waals surface area (Å²) in [5.74, 6) is 1.66. The number of methoxy groups -OCH3 is 1. The number of benzene rings is 1. The van der Waals surface area contributed by atoms with Crippen molar-refractivity contribution in [3.05, 3.63) is 42.1 Å². The maximum absolute atomic E-state index is 5.16. The normalized spacial score (nSPS) is 10.4. The van der Waals surface area contributed by atoms with Gasteiger partial charge in [0.1, 0.15) is 5.75 Å². The smallest absolute Gasteiger partial charge is 0.155 e. The van der Waals surface area contributed by atoms with E-state index in [1.807, 2.05) is 48.3 Å². The van der Waals surface area contributed by atoms with Crippen molar-refractivity contribution in [3.8, 4) is 5.75 Å². The molecular weight excluding hydrogens is 264 g/mol. The standard InChI is InChI=1S/C16H22N4O/c1-4-11-17-12-13-5-10-16(19-18-13)20(2)14-6-8-15(21-3)9-7-14/h5-10,17H,4,11-12H2,1-3H3. The third-order valence-electron chi connectivity index (χ3n) is 3.24. The number of ether oxygens (including phenoxy) is 1. The first-order valence-corrected chi connectivity index (χ1v) is 7.15. The van der Waals surface area contributed by atoms with E-state index >= 15 is 0 Å². The van der Waals surface area contributed by atoms with Crippen LogP contribution in [0.1, 0.15) is 19.0 Å². The van der Waals surface area contributed by atoms with Crippen molar-refractivity contribution in [3.63, 3.8) is 0 Å². The van der Waals surface area contributed by atoms with Gasteiger partial charge in [-0.25, -0.2) is 0 Å². The molecule has 5 heteroatoms. The highest BCUT2D eigenvalue weighted by Crippen LogP contribution is 2.23. The first kappa shape index (κ1) is 15.3. The average Bonchev–Trinajstić information content (AvgIpc) is 2.55. The molecule has 2 rings (SSSR count). The van der Waals surface area contributed by atoms with Crippen LogP contribution < -0.4 is 15.0 Å². The summed E-state index contributed by atoms with van der Waals surface area (Å²) in [7, 11) is 3.64. The summed E-state index contributed by atoms with van der Waals surface area (Å²) < 4.78 is 5.16. The Labute approximate surface area is 126 Å². The topological polar surface area (TPSA) is 50.3 Å². The minimum atomic E-state index is 0.757. The van der Waals surface area contributed by atoms with E-state index in [-0.39, 0.29) is 0 Å². The summed E-state index contributed by atoms with van der Waals surface area (Å²) in [5.41, 5.74) is 2.00. The zero-order valence-corrected chi connectivity index (χ0v) is 12.8. The highest BCUT2D eigenvalue weighted by atomic mass is 16.5. The molecule has 0 radical (unpaired) electrons. The molecule has 0 spiro atoms. The summed E-state index contributed by atoms with van der Waals surface area (Å²) >= 11 is 0. The van der Waals surface area contributed by atoms with Gasteiger partial charge in [-0.05, 0) is 49.4 Å². The van der Waals surface area contributed by atoms with Crippen molar-refractivity contribution in [1.82, 2.24) is 15.5 Å². The molecule has 1 N–H and O–H groups in total. The predicted octanol–water partition coefficient (Wildman–Crippen LogP) is 2.75. The molecule has 0 aliphatic rings. The number of rotatable bonds is 7. The maximum atomic E-state index is 5.16. The lowest BCUT2D eigenvalue weighted by atomic mass is 10.2. The number of hydrogen-bond acceptors (Lipinski definition) is 5. The van der Waals surface area contributed by atoms with Gasteiger partial charge in [-0.1, -0.05) is 6.92 Å². The summed E-state index contributed by atoms with van der Waals surface area (Å²) in [6, 6.07) is 11.9. The summed E-state index contributed by atoms with van der Waals surface area (Å²) in [5, 5.41) is 11.8. The Bertz CT molecular complexity index is 539. The van der Waals surface area contributed by atoms with Crippen LogP contribution in [0, 0.1) is 0 Å². The predicted molar refractivity (Wildman–Crippen MR) is 85.1 cm³/mol. The van der Waals surface area contributed by atoms with Crippen molar-refractivity contribution < 1.29 is 4.74 Å². The molecule has 0 atom stereocenters. The van der Waals surface area contributed by atoms with Gasteiger partial charge in [0.05, 0.1) is 12.8 Å². The van der Waals surface area contributed by atoms with Crippen LogP contribution in [-0.2, 0) is 6.54 Å². The van der Waals surface area contributed by atoms with Gasteiger partial charge in [-0.2, -0.15) is 5.10 Å². The van der Waals surface area contributed by atoms with Crippen LogP contribution in [0.2, 0.25) is 0 Å². The first-order chi connectivity index (χ1) is 10.2. The summed E-state index contributed by atoms with van der Waals surface area (Å²) in [6.07, 6.45) is 1.12. The molecule has 1 aromatic heterocycles. The quantitative estimate of drug-likeness (QED) is 0.793. The molecular formula is C16H22N4O. The van der Waals surface area contributed by atoms with E-state index in [4.69, 9.17) is 4.74 Å². The molecule has 0 aliphatic heterocycles. The Morgan fingerprint density at radius 1 is 1.10 bits per heavy atom. The lowest BCUT2D eigenvalue weighted by Gasteiger charge is -2.18. The van der Waals surface area contributed by atoms with Crippen molar-refractivity contribution in [1.29, 1.82) is 0 Å². The number of nitrogens with zero attached hydrogens (tertiary/aromatic N) is 3. The fourth-order valence-corrected chi connectivity index (χ4v) is 1.96. The van der Waals surface area contributed by atoms with Gasteiger partial charge >= 0.3 is 0 Å². The van der Waals surface area contributed by atoms with E-state index in [1.54, 1.807) is 7.11 Å². The largest absolute Gasteiger partial charge is 0.497 e. The molecule has 5 nitrogen and oxygen atoms in total. The van der Waals surface area contributed by atoms with Gasteiger partial charge in [0.2, 0.25) is 0 Å². The van der Waals surface area contributed by atoms with Crippen molar-refractivity contribution >= 4 is 11.5 Å². The lowest BCUT2D eigenvalue weighted by molar-refractivity contribution is 0.415. The molecule has 2 aromatic rings. The molecule has 1 aromatic carbocycles. The van der Waals surface area contributed by atoms with Crippen LogP contribution in [0.25, 0.3) is 0 Å². The van der Waals surface area contributed by atoms with Crippen LogP contribution in [-0.4, -0.2) is 30.9 Å². The third-order valence-corrected chi connectivity index (χ3v) is 3.24. The second-order valence-electron chi connectivity index (χ2n) is 4.82. The van der Waals surface area contributed by atoms with Gasteiger partial charge in [0.25, 0.3) is 0 Å². The number of nitrogens with one attached hydrogen (secondary N) is 1. The van der Waals surface area contributed by atoms with Crippen LogP contribution in [0.15, 0.2) is 36.4 Å². The molecule has 0 amide bonds. The minimum absolute atomic E-state index is 0.757. The molecule has 1 heterocycles. The van der Waals surface area contributed by atoms with Gasteiger partial charge in [0.15, 0.2) is 5.82 Å². The second-order valence-corrected chi connectivity index (χ2v) is 4.82. The zero-order valence-electron chi connectivity index (χ0n) is 12.8. The summed E-state index contributed by atoms with van der Waals surface area (Å²) in [6.45, 7) is 3.90. The fraction of sp³-hybridized carbons (Fsp3) is 0.375. The number of hydrogen-bond donors (Lipinski definition) is 1. The van der Waals surface area contributed by atoms with E-state index in [1.165, 1.54) is 0 Å². The zero-order chi connectivity index (χ0) is 15.1. The fourth-order valence-electron chi connectivity index (χ4n) is 1.96. The van der Waals surface area contributed by atoms with E-state index in [9.17, 15) is 0 Å². The molecule has 0 aliphatic carbocycles. The van der Waals surface area contributed by atoms with Gasteiger partial charge in [0, 0.05) is 19.3 Å². The highest BCUT2D eigenvalue weighted by Gasteiger charge is 2.06. The Morgan fingerprint density at radius 3 is 2.43 bits per heavy atom. The molecule has 0 fully saturated rings. The Hall–Kier alpha value is -2.14.